The molecule has 0 atom stereocenters. The van der Waals surface area contributed by atoms with Gasteiger partial charge >= 0.3 is 0 Å². The van der Waals surface area contributed by atoms with Crippen molar-refractivity contribution in [2.75, 3.05) is 0 Å². The van der Waals surface area contributed by atoms with Gasteiger partial charge in [0.15, 0.2) is 0 Å². The largest absolute Gasteiger partial charge is 0.338 e. The molecule has 2 aromatic rings. The van der Waals surface area contributed by atoms with Crippen molar-refractivity contribution in [2.24, 2.45) is 0 Å². The summed E-state index contributed by atoms with van der Waals surface area (Å²) in [6.07, 6.45) is 0. The van der Waals surface area contributed by atoms with Crippen LogP contribution in [0.2, 0.25) is 0 Å². The molecule has 19 heavy (non-hydrogen) atoms. The zero-order valence-electron chi connectivity index (χ0n) is 11.0. The maximum atomic E-state index is 13.1. The standard InChI is InChI=1S/C13H15F2N3O/c1-13(2,3)16-7-11-17-12(18-19-11)8-4-9(14)6-10(15)5-8/h4-6,16H,7H2,1-3H3. The lowest BCUT2D eigenvalue weighted by atomic mass is 10.1. The van der Waals surface area contributed by atoms with Crippen LogP contribution >= 0.6 is 0 Å². The van der Waals surface area contributed by atoms with Crippen molar-refractivity contribution < 1.29 is 13.3 Å². The zero-order valence-corrected chi connectivity index (χ0v) is 11.0. The summed E-state index contributed by atoms with van der Waals surface area (Å²) in [5.41, 5.74) is 0.169. The van der Waals surface area contributed by atoms with Gasteiger partial charge in [-0.25, -0.2) is 8.78 Å². The summed E-state index contributed by atoms with van der Waals surface area (Å²) < 4.78 is 31.2. The molecule has 1 N–H and O–H groups in total. The second-order valence-corrected chi connectivity index (χ2v) is 5.27. The highest BCUT2D eigenvalue weighted by atomic mass is 19.1. The van der Waals surface area contributed by atoms with Gasteiger partial charge in [-0.15, -0.1) is 0 Å². The predicted octanol–water partition coefficient (Wildman–Crippen LogP) is 2.90. The van der Waals surface area contributed by atoms with Gasteiger partial charge in [0, 0.05) is 17.2 Å². The molecule has 1 aromatic carbocycles. The number of rotatable bonds is 3. The van der Waals surface area contributed by atoms with E-state index < -0.39 is 11.6 Å². The molecule has 4 nitrogen and oxygen atoms in total. The van der Waals surface area contributed by atoms with Crippen LogP contribution in [0, 0.1) is 11.6 Å². The Hall–Kier alpha value is -1.82. The summed E-state index contributed by atoms with van der Waals surface area (Å²) in [6, 6.07) is 3.12. The number of hydrogen-bond donors (Lipinski definition) is 1. The fourth-order valence-corrected chi connectivity index (χ4v) is 1.47. The summed E-state index contributed by atoms with van der Waals surface area (Å²) in [7, 11) is 0. The summed E-state index contributed by atoms with van der Waals surface area (Å²) in [5.74, 6) is -0.804. The molecular formula is C13H15F2N3O. The van der Waals surface area contributed by atoms with E-state index in [4.69, 9.17) is 4.52 Å². The maximum absolute atomic E-state index is 13.1. The van der Waals surface area contributed by atoms with E-state index in [0.717, 1.165) is 18.2 Å². The van der Waals surface area contributed by atoms with Crippen LogP contribution in [0.25, 0.3) is 11.4 Å². The van der Waals surface area contributed by atoms with Crippen LogP contribution in [-0.4, -0.2) is 15.7 Å². The van der Waals surface area contributed by atoms with Crippen LogP contribution in [0.5, 0.6) is 0 Å². The Kier molecular flexibility index (Phi) is 3.61. The molecule has 0 fully saturated rings. The maximum Gasteiger partial charge on any atom is 0.240 e. The van der Waals surface area contributed by atoms with Crippen LogP contribution in [0.15, 0.2) is 22.7 Å². The Labute approximate surface area is 109 Å². The topological polar surface area (TPSA) is 51.0 Å². The van der Waals surface area contributed by atoms with Crippen LogP contribution in [0.1, 0.15) is 26.7 Å². The van der Waals surface area contributed by atoms with Gasteiger partial charge in [0.25, 0.3) is 0 Å². The highest BCUT2D eigenvalue weighted by Gasteiger charge is 2.14. The van der Waals surface area contributed by atoms with Crippen molar-refractivity contribution in [3.63, 3.8) is 0 Å². The summed E-state index contributed by atoms with van der Waals surface area (Å²) in [5, 5.41) is 6.89. The zero-order chi connectivity index (χ0) is 14.0. The summed E-state index contributed by atoms with van der Waals surface area (Å²) >= 11 is 0. The third-order valence-electron chi connectivity index (χ3n) is 2.36. The minimum atomic E-state index is -0.672. The SMILES string of the molecule is CC(C)(C)NCc1nc(-c2cc(F)cc(F)c2)no1. The van der Waals surface area contributed by atoms with E-state index in [9.17, 15) is 8.78 Å². The van der Waals surface area contributed by atoms with Crippen LogP contribution in [-0.2, 0) is 6.54 Å². The minimum Gasteiger partial charge on any atom is -0.338 e. The molecule has 0 aliphatic carbocycles. The van der Waals surface area contributed by atoms with E-state index in [2.05, 4.69) is 15.5 Å². The molecule has 0 aliphatic rings. The molecule has 0 spiro atoms. The highest BCUT2D eigenvalue weighted by molar-refractivity contribution is 5.54. The molecule has 0 saturated carbocycles. The highest BCUT2D eigenvalue weighted by Crippen LogP contribution is 2.18. The molecule has 6 heteroatoms. The predicted molar refractivity (Wildman–Crippen MR) is 66.2 cm³/mol. The van der Waals surface area contributed by atoms with E-state index in [0.29, 0.717) is 12.4 Å². The first-order valence-corrected chi connectivity index (χ1v) is 5.87. The summed E-state index contributed by atoms with van der Waals surface area (Å²) in [6.45, 7) is 6.42. The lowest BCUT2D eigenvalue weighted by molar-refractivity contribution is 0.336. The van der Waals surface area contributed by atoms with E-state index in [1.807, 2.05) is 20.8 Å². The fourth-order valence-electron chi connectivity index (χ4n) is 1.47. The Bertz CT molecular complexity index is 555. The Morgan fingerprint density at radius 2 is 1.79 bits per heavy atom. The molecule has 0 amide bonds. The van der Waals surface area contributed by atoms with E-state index in [1.165, 1.54) is 0 Å². The molecule has 102 valence electrons. The first-order chi connectivity index (χ1) is 8.83. The van der Waals surface area contributed by atoms with Crippen LogP contribution < -0.4 is 5.32 Å². The van der Waals surface area contributed by atoms with E-state index >= 15 is 0 Å². The van der Waals surface area contributed by atoms with Crippen molar-refractivity contribution in [3.8, 4) is 11.4 Å². The molecule has 2 rings (SSSR count). The van der Waals surface area contributed by atoms with Gasteiger partial charge in [-0.3, -0.25) is 0 Å². The average Bonchev–Trinajstić information content (AvgIpc) is 2.72. The Morgan fingerprint density at radius 1 is 1.16 bits per heavy atom. The smallest absolute Gasteiger partial charge is 0.240 e. The van der Waals surface area contributed by atoms with Crippen molar-refractivity contribution in [2.45, 2.75) is 32.9 Å². The van der Waals surface area contributed by atoms with Gasteiger partial charge in [-0.05, 0) is 32.9 Å². The lowest BCUT2D eigenvalue weighted by Gasteiger charge is -2.18. The van der Waals surface area contributed by atoms with E-state index in [-0.39, 0.29) is 16.9 Å². The molecule has 1 aromatic heterocycles. The van der Waals surface area contributed by atoms with Crippen molar-refractivity contribution in [1.82, 2.24) is 15.5 Å². The molecule has 0 bridgehead atoms. The third-order valence-corrected chi connectivity index (χ3v) is 2.36. The third kappa shape index (κ3) is 3.82. The number of hydrogen-bond acceptors (Lipinski definition) is 4. The van der Waals surface area contributed by atoms with Crippen LogP contribution in [0.4, 0.5) is 8.78 Å². The summed E-state index contributed by atoms with van der Waals surface area (Å²) in [4.78, 5) is 4.09. The number of nitrogens with one attached hydrogen (secondary N) is 1. The quantitative estimate of drug-likeness (QED) is 0.929. The molecular weight excluding hydrogens is 252 g/mol. The first-order valence-electron chi connectivity index (χ1n) is 5.87. The number of nitrogens with zero attached hydrogens (tertiary/aromatic N) is 2. The monoisotopic (exact) mass is 267 g/mol. The Balaban J connectivity index is 2.16. The first kappa shape index (κ1) is 13.6. The fraction of sp³-hybridized carbons (Fsp3) is 0.385. The lowest BCUT2D eigenvalue weighted by Crippen LogP contribution is -2.35. The number of aromatic nitrogens is 2. The van der Waals surface area contributed by atoms with Gasteiger partial charge in [-0.1, -0.05) is 5.16 Å². The van der Waals surface area contributed by atoms with Crippen LogP contribution in [0.3, 0.4) is 0 Å². The molecule has 0 unspecified atom stereocenters. The van der Waals surface area contributed by atoms with Gasteiger partial charge < -0.3 is 9.84 Å². The Morgan fingerprint density at radius 3 is 2.37 bits per heavy atom. The number of benzene rings is 1. The normalized spacial score (nSPS) is 11.8. The van der Waals surface area contributed by atoms with Crippen molar-refractivity contribution in [1.29, 1.82) is 0 Å². The second-order valence-electron chi connectivity index (χ2n) is 5.27. The van der Waals surface area contributed by atoms with E-state index in [1.54, 1.807) is 0 Å². The average molecular weight is 267 g/mol. The van der Waals surface area contributed by atoms with Gasteiger partial charge in [0.05, 0.1) is 6.54 Å². The molecule has 1 heterocycles. The molecule has 0 radical (unpaired) electrons. The van der Waals surface area contributed by atoms with Crippen molar-refractivity contribution >= 4 is 0 Å². The second kappa shape index (κ2) is 5.05. The van der Waals surface area contributed by atoms with Gasteiger partial charge in [-0.2, -0.15) is 4.98 Å². The number of halogens is 2. The molecule has 0 saturated heterocycles. The minimum absolute atomic E-state index is 0.0837. The van der Waals surface area contributed by atoms with Gasteiger partial charge in [0.1, 0.15) is 11.6 Å². The van der Waals surface area contributed by atoms with Gasteiger partial charge in [0.2, 0.25) is 11.7 Å². The van der Waals surface area contributed by atoms with Crippen molar-refractivity contribution in [3.05, 3.63) is 35.7 Å². The molecule has 0 aliphatic heterocycles.